The van der Waals surface area contributed by atoms with Crippen molar-refractivity contribution < 1.29 is 21.6 Å². The van der Waals surface area contributed by atoms with Gasteiger partial charge in [0.1, 0.15) is 4.90 Å². The van der Waals surface area contributed by atoms with Crippen molar-refractivity contribution >= 4 is 37.5 Å². The maximum atomic E-state index is 13.7. The highest BCUT2D eigenvalue weighted by Gasteiger charge is 2.34. The van der Waals surface area contributed by atoms with Crippen molar-refractivity contribution in [3.8, 4) is 0 Å². The Kier molecular flexibility index (Phi) is 7.10. The van der Waals surface area contributed by atoms with E-state index in [2.05, 4.69) is 9.71 Å². The second kappa shape index (κ2) is 10.1. The van der Waals surface area contributed by atoms with Crippen molar-refractivity contribution in [2.75, 3.05) is 31.5 Å². The predicted molar refractivity (Wildman–Crippen MR) is 155 cm³/mol. The molecule has 0 radical (unpaired) electrons. The van der Waals surface area contributed by atoms with E-state index in [0.29, 0.717) is 21.7 Å². The zero-order chi connectivity index (χ0) is 29.0. The average molecular weight is 581 g/mol. The van der Waals surface area contributed by atoms with E-state index in [4.69, 9.17) is 0 Å². The van der Waals surface area contributed by atoms with Crippen LogP contribution in [-0.4, -0.2) is 64.0 Å². The van der Waals surface area contributed by atoms with Gasteiger partial charge in [0.25, 0.3) is 15.9 Å². The van der Waals surface area contributed by atoms with Gasteiger partial charge in [-0.2, -0.15) is 12.7 Å². The molecule has 40 heavy (non-hydrogen) atoms. The van der Waals surface area contributed by atoms with Crippen LogP contribution in [-0.2, 0) is 20.0 Å². The van der Waals surface area contributed by atoms with Crippen LogP contribution in [0, 0.1) is 34.6 Å². The summed E-state index contributed by atoms with van der Waals surface area (Å²) in [5.74, 6) is 0.0422. The van der Waals surface area contributed by atoms with Gasteiger partial charge >= 0.3 is 0 Å². The highest BCUT2D eigenvalue weighted by atomic mass is 32.2. The molecule has 0 bridgehead atoms. The number of rotatable bonds is 4. The summed E-state index contributed by atoms with van der Waals surface area (Å²) >= 11 is 0. The third kappa shape index (κ3) is 4.71. The van der Waals surface area contributed by atoms with Crippen LogP contribution >= 0.6 is 0 Å². The Morgan fingerprint density at radius 2 is 1.35 bits per heavy atom. The first-order valence-corrected chi connectivity index (χ1v) is 15.9. The van der Waals surface area contributed by atoms with E-state index in [0.717, 1.165) is 27.8 Å². The SMILES string of the molecule is Cc1c(C)c(C)c(S(=O)(=O)N2CCN(C(=O)c3ccc(NC4=NS(=O)(=O)c5ccccc54)cc3)CC2)c(C)c1C. The maximum absolute atomic E-state index is 13.7. The minimum absolute atomic E-state index is 0.156. The van der Waals surface area contributed by atoms with E-state index in [1.54, 1.807) is 47.4 Å². The van der Waals surface area contributed by atoms with Crippen molar-refractivity contribution in [3.05, 3.63) is 87.5 Å². The lowest BCUT2D eigenvalue weighted by molar-refractivity contribution is 0.0698. The van der Waals surface area contributed by atoms with Crippen LogP contribution in [0.3, 0.4) is 0 Å². The van der Waals surface area contributed by atoms with E-state index in [1.165, 1.54) is 10.4 Å². The zero-order valence-corrected chi connectivity index (χ0v) is 24.8. The molecule has 3 aromatic rings. The minimum atomic E-state index is -3.74. The number of hydrogen-bond acceptors (Lipinski definition) is 6. The Bertz CT molecular complexity index is 1740. The average Bonchev–Trinajstić information content (AvgIpc) is 3.20. The third-order valence-corrected chi connectivity index (χ3v) is 11.6. The molecule has 9 nitrogen and oxygen atoms in total. The first-order valence-electron chi connectivity index (χ1n) is 13.0. The van der Waals surface area contributed by atoms with E-state index in [1.807, 2.05) is 34.6 Å². The van der Waals surface area contributed by atoms with Gasteiger partial charge in [0.05, 0.1) is 4.90 Å². The summed E-state index contributed by atoms with van der Waals surface area (Å²) in [6.07, 6.45) is 0. The number of amides is 1. The Morgan fingerprint density at radius 1 is 0.800 bits per heavy atom. The zero-order valence-electron chi connectivity index (χ0n) is 23.1. The van der Waals surface area contributed by atoms with Crippen LogP contribution in [0.4, 0.5) is 5.69 Å². The van der Waals surface area contributed by atoms with E-state index < -0.39 is 20.0 Å². The molecule has 210 valence electrons. The van der Waals surface area contributed by atoms with Gasteiger partial charge in [-0.05, 0) is 98.8 Å². The van der Waals surface area contributed by atoms with Gasteiger partial charge < -0.3 is 10.2 Å². The van der Waals surface area contributed by atoms with Gasteiger partial charge in [-0.25, -0.2) is 8.42 Å². The number of fused-ring (bicyclic) bond motifs is 1. The molecular formula is C29H32N4O5S2. The van der Waals surface area contributed by atoms with Crippen molar-refractivity contribution in [2.45, 2.75) is 44.4 Å². The number of amidine groups is 1. The van der Waals surface area contributed by atoms with Gasteiger partial charge in [0, 0.05) is 43.0 Å². The van der Waals surface area contributed by atoms with Gasteiger partial charge in [-0.3, -0.25) is 4.79 Å². The third-order valence-electron chi connectivity index (χ3n) is 8.08. The molecule has 0 saturated carbocycles. The molecule has 0 unspecified atom stereocenters. The molecule has 1 N–H and O–H groups in total. The van der Waals surface area contributed by atoms with Gasteiger partial charge in [-0.1, -0.05) is 12.1 Å². The Labute approximate surface area is 235 Å². The fraction of sp³-hybridized carbons (Fsp3) is 0.310. The Morgan fingerprint density at radius 3 is 1.95 bits per heavy atom. The molecule has 2 aliphatic rings. The fourth-order valence-electron chi connectivity index (χ4n) is 5.32. The molecule has 0 spiro atoms. The molecule has 0 aromatic heterocycles. The van der Waals surface area contributed by atoms with Gasteiger partial charge in [0.15, 0.2) is 5.84 Å². The van der Waals surface area contributed by atoms with Gasteiger partial charge in [-0.15, -0.1) is 4.40 Å². The molecule has 1 fully saturated rings. The number of benzene rings is 3. The standard InChI is InChI=1S/C29H32N4O5S2/c1-18-19(2)21(4)27(22(5)20(18)3)40(37,38)33-16-14-32(15-17-33)29(34)23-10-12-24(13-11-23)30-28-25-8-6-7-9-26(25)39(35,36)31-28/h6-13H,14-17H2,1-5H3,(H,30,31). The van der Waals surface area contributed by atoms with E-state index in [-0.39, 0.29) is 42.8 Å². The smallest absolute Gasteiger partial charge is 0.285 e. The predicted octanol–water partition coefficient (Wildman–Crippen LogP) is 3.94. The monoisotopic (exact) mass is 580 g/mol. The highest BCUT2D eigenvalue weighted by Crippen LogP contribution is 2.32. The summed E-state index contributed by atoms with van der Waals surface area (Å²) in [4.78, 5) is 15.4. The van der Waals surface area contributed by atoms with Crippen molar-refractivity contribution in [1.82, 2.24) is 9.21 Å². The summed E-state index contributed by atoms with van der Waals surface area (Å²) in [6, 6.07) is 13.3. The quantitative estimate of drug-likeness (QED) is 0.500. The molecule has 2 heterocycles. The molecular weight excluding hydrogens is 548 g/mol. The number of hydrogen-bond donors (Lipinski definition) is 1. The van der Waals surface area contributed by atoms with Crippen LogP contribution in [0.2, 0.25) is 0 Å². The number of sulfonamides is 2. The summed E-state index contributed by atoms with van der Waals surface area (Å²) < 4.78 is 57.2. The lowest BCUT2D eigenvalue weighted by Crippen LogP contribution is -2.50. The molecule has 1 saturated heterocycles. The highest BCUT2D eigenvalue weighted by molar-refractivity contribution is 7.90. The molecule has 2 aliphatic heterocycles. The van der Waals surface area contributed by atoms with Crippen molar-refractivity contribution in [3.63, 3.8) is 0 Å². The van der Waals surface area contributed by atoms with Crippen molar-refractivity contribution in [1.29, 1.82) is 0 Å². The van der Waals surface area contributed by atoms with Crippen LogP contribution in [0.15, 0.2) is 62.7 Å². The van der Waals surface area contributed by atoms with Crippen LogP contribution in [0.5, 0.6) is 0 Å². The number of piperazine rings is 1. The minimum Gasteiger partial charge on any atom is -0.339 e. The summed E-state index contributed by atoms with van der Waals surface area (Å²) in [5, 5.41) is 3.03. The second-order valence-corrected chi connectivity index (χ2v) is 13.7. The normalized spacial score (nSPS) is 16.9. The summed E-state index contributed by atoms with van der Waals surface area (Å²) in [5.41, 5.74) is 6.18. The molecule has 11 heteroatoms. The van der Waals surface area contributed by atoms with E-state index in [9.17, 15) is 21.6 Å². The lowest BCUT2D eigenvalue weighted by Gasteiger charge is -2.35. The molecule has 3 aromatic carbocycles. The molecule has 0 atom stereocenters. The number of nitrogens with one attached hydrogen (secondary N) is 1. The van der Waals surface area contributed by atoms with Gasteiger partial charge in [0.2, 0.25) is 10.0 Å². The topological polar surface area (TPSA) is 116 Å². The number of carbonyl (C=O) groups excluding carboxylic acids is 1. The number of nitrogens with zero attached hydrogens (tertiary/aromatic N) is 3. The first-order chi connectivity index (χ1) is 18.8. The molecule has 0 aliphatic carbocycles. The summed E-state index contributed by atoms with van der Waals surface area (Å²) in [7, 11) is -7.45. The molecule has 5 rings (SSSR count). The maximum Gasteiger partial charge on any atom is 0.285 e. The van der Waals surface area contributed by atoms with Crippen LogP contribution < -0.4 is 5.32 Å². The summed E-state index contributed by atoms with van der Waals surface area (Å²) in [6.45, 7) is 10.6. The number of anilines is 1. The second-order valence-electron chi connectivity index (χ2n) is 10.3. The first kappa shape index (κ1) is 28.0. The number of carbonyl (C=O) groups is 1. The van der Waals surface area contributed by atoms with Crippen LogP contribution in [0.25, 0.3) is 0 Å². The Hall–Kier alpha value is -3.54. The lowest BCUT2D eigenvalue weighted by atomic mass is 9.95. The van der Waals surface area contributed by atoms with Crippen LogP contribution in [0.1, 0.15) is 43.7 Å². The van der Waals surface area contributed by atoms with Crippen molar-refractivity contribution in [2.24, 2.45) is 4.40 Å². The Balaban J connectivity index is 1.27. The molecule has 1 amide bonds. The fourth-order valence-corrected chi connectivity index (χ4v) is 8.48. The largest absolute Gasteiger partial charge is 0.339 e. The van der Waals surface area contributed by atoms with E-state index >= 15 is 0 Å².